The fourth-order valence-electron chi connectivity index (χ4n) is 2.51. The Morgan fingerprint density at radius 3 is 2.50 bits per heavy atom. The first kappa shape index (κ1) is 14.6. The van der Waals surface area contributed by atoms with Gasteiger partial charge in [-0.3, -0.25) is 4.79 Å². The highest BCUT2D eigenvalue weighted by atomic mass is 16.2. The molecule has 4 heteroatoms. The van der Waals surface area contributed by atoms with Gasteiger partial charge in [0, 0.05) is 25.7 Å². The summed E-state index contributed by atoms with van der Waals surface area (Å²) in [5.74, 6) is 0.994. The predicted molar refractivity (Wildman–Crippen MR) is 81.1 cm³/mol. The molecular formula is C16H23N3O. The van der Waals surface area contributed by atoms with Crippen molar-refractivity contribution in [3.8, 4) is 0 Å². The maximum atomic E-state index is 12.7. The lowest BCUT2D eigenvalue weighted by molar-refractivity contribution is 0.0752. The Labute approximate surface area is 120 Å². The average Bonchev–Trinajstić information content (AvgIpc) is 2.85. The number of aryl methyl sites for hydroxylation is 1. The molecule has 0 aliphatic heterocycles. The number of fused-ring (bicyclic) bond motifs is 1. The molecule has 0 atom stereocenters. The molecule has 1 amide bonds. The SMILES string of the molecule is CCCN(CCC)C(=O)c1nc(CC)n2ccccc12. The highest BCUT2D eigenvalue weighted by Gasteiger charge is 2.21. The van der Waals surface area contributed by atoms with Crippen LogP contribution < -0.4 is 0 Å². The minimum Gasteiger partial charge on any atom is -0.337 e. The van der Waals surface area contributed by atoms with E-state index in [1.807, 2.05) is 33.7 Å². The first-order chi connectivity index (χ1) is 9.72. The van der Waals surface area contributed by atoms with Crippen LogP contribution in [0.1, 0.15) is 49.9 Å². The predicted octanol–water partition coefficient (Wildman–Crippen LogP) is 3.16. The van der Waals surface area contributed by atoms with Crippen molar-refractivity contribution in [3.63, 3.8) is 0 Å². The van der Waals surface area contributed by atoms with Crippen molar-refractivity contribution in [2.24, 2.45) is 0 Å². The molecule has 0 N–H and O–H groups in total. The van der Waals surface area contributed by atoms with Gasteiger partial charge in [0.2, 0.25) is 0 Å². The molecule has 20 heavy (non-hydrogen) atoms. The van der Waals surface area contributed by atoms with Gasteiger partial charge in [-0.2, -0.15) is 0 Å². The third-order valence-electron chi connectivity index (χ3n) is 3.41. The van der Waals surface area contributed by atoms with Gasteiger partial charge in [0.15, 0.2) is 5.69 Å². The van der Waals surface area contributed by atoms with Crippen LogP contribution in [0.15, 0.2) is 24.4 Å². The smallest absolute Gasteiger partial charge is 0.274 e. The summed E-state index contributed by atoms with van der Waals surface area (Å²) >= 11 is 0. The van der Waals surface area contributed by atoms with E-state index >= 15 is 0 Å². The Hall–Kier alpha value is -1.84. The van der Waals surface area contributed by atoms with Gasteiger partial charge < -0.3 is 9.30 Å². The summed E-state index contributed by atoms with van der Waals surface area (Å²) in [6, 6.07) is 5.89. The second-order valence-electron chi connectivity index (χ2n) is 4.98. The molecule has 0 fully saturated rings. The minimum atomic E-state index is 0.0529. The highest BCUT2D eigenvalue weighted by Crippen LogP contribution is 2.16. The van der Waals surface area contributed by atoms with Crippen LogP contribution in [0.5, 0.6) is 0 Å². The molecule has 2 rings (SSSR count). The van der Waals surface area contributed by atoms with Crippen molar-refractivity contribution in [2.45, 2.75) is 40.0 Å². The molecular weight excluding hydrogens is 250 g/mol. The third-order valence-corrected chi connectivity index (χ3v) is 3.41. The van der Waals surface area contributed by atoms with Gasteiger partial charge in [-0.15, -0.1) is 0 Å². The lowest BCUT2D eigenvalue weighted by atomic mass is 10.2. The number of imidazole rings is 1. The summed E-state index contributed by atoms with van der Waals surface area (Å²) < 4.78 is 2.02. The zero-order chi connectivity index (χ0) is 14.5. The first-order valence-corrected chi connectivity index (χ1v) is 7.48. The number of hydrogen-bond donors (Lipinski definition) is 0. The van der Waals surface area contributed by atoms with E-state index in [9.17, 15) is 4.79 Å². The Kier molecular flexibility index (Phi) is 4.77. The molecule has 2 heterocycles. The van der Waals surface area contributed by atoms with Crippen molar-refractivity contribution in [3.05, 3.63) is 35.9 Å². The van der Waals surface area contributed by atoms with Crippen LogP contribution in [-0.2, 0) is 6.42 Å². The zero-order valence-corrected chi connectivity index (χ0v) is 12.6. The second kappa shape index (κ2) is 6.55. The van der Waals surface area contributed by atoms with Crippen LogP contribution in [0.25, 0.3) is 5.52 Å². The largest absolute Gasteiger partial charge is 0.337 e. The normalized spacial score (nSPS) is 10.9. The van der Waals surface area contributed by atoms with Crippen molar-refractivity contribution in [1.82, 2.24) is 14.3 Å². The number of carbonyl (C=O) groups is 1. The number of pyridine rings is 1. The van der Waals surface area contributed by atoms with Gasteiger partial charge in [-0.05, 0) is 25.0 Å². The van der Waals surface area contributed by atoms with E-state index in [2.05, 4.69) is 25.8 Å². The van der Waals surface area contributed by atoms with E-state index in [-0.39, 0.29) is 5.91 Å². The molecule has 0 aliphatic rings. The van der Waals surface area contributed by atoms with Crippen LogP contribution in [0.2, 0.25) is 0 Å². The standard InChI is InChI=1S/C16H23N3O/c1-4-10-18(11-5-2)16(20)15-13-9-7-8-12-19(13)14(6-3)17-15/h7-9,12H,4-6,10-11H2,1-3H3. The maximum absolute atomic E-state index is 12.7. The van der Waals surface area contributed by atoms with E-state index in [4.69, 9.17) is 0 Å². The van der Waals surface area contributed by atoms with E-state index in [1.54, 1.807) is 0 Å². The molecule has 0 unspecified atom stereocenters. The molecule has 0 spiro atoms. The van der Waals surface area contributed by atoms with Crippen LogP contribution in [0.4, 0.5) is 0 Å². The van der Waals surface area contributed by atoms with Gasteiger partial charge in [0.05, 0.1) is 5.52 Å². The molecule has 108 valence electrons. The second-order valence-corrected chi connectivity index (χ2v) is 4.98. The Morgan fingerprint density at radius 1 is 1.20 bits per heavy atom. The fraction of sp³-hybridized carbons (Fsp3) is 0.500. The lowest BCUT2D eigenvalue weighted by Crippen LogP contribution is -2.32. The van der Waals surface area contributed by atoms with E-state index in [0.29, 0.717) is 5.69 Å². The van der Waals surface area contributed by atoms with Crippen LogP contribution in [0.3, 0.4) is 0 Å². The summed E-state index contributed by atoms with van der Waals surface area (Å²) in [7, 11) is 0. The first-order valence-electron chi connectivity index (χ1n) is 7.48. The summed E-state index contributed by atoms with van der Waals surface area (Å²) in [5.41, 5.74) is 1.50. The number of hydrogen-bond acceptors (Lipinski definition) is 2. The van der Waals surface area contributed by atoms with E-state index in [0.717, 1.165) is 43.7 Å². The maximum Gasteiger partial charge on any atom is 0.274 e. The number of amides is 1. The molecule has 2 aromatic rings. The Balaban J connectivity index is 2.43. The third kappa shape index (κ3) is 2.69. The molecule has 0 aliphatic carbocycles. The van der Waals surface area contributed by atoms with Crippen LogP contribution in [-0.4, -0.2) is 33.3 Å². The number of nitrogens with zero attached hydrogens (tertiary/aromatic N) is 3. The lowest BCUT2D eigenvalue weighted by Gasteiger charge is -2.20. The summed E-state index contributed by atoms with van der Waals surface area (Å²) in [4.78, 5) is 19.2. The summed E-state index contributed by atoms with van der Waals surface area (Å²) in [5, 5.41) is 0. The van der Waals surface area contributed by atoms with Crippen molar-refractivity contribution >= 4 is 11.4 Å². The van der Waals surface area contributed by atoms with Gasteiger partial charge in [0.1, 0.15) is 5.82 Å². The van der Waals surface area contributed by atoms with Gasteiger partial charge >= 0.3 is 0 Å². The molecule has 0 radical (unpaired) electrons. The number of rotatable bonds is 6. The minimum absolute atomic E-state index is 0.0529. The van der Waals surface area contributed by atoms with Crippen LogP contribution >= 0.6 is 0 Å². The summed E-state index contributed by atoms with van der Waals surface area (Å²) in [6.07, 6.45) is 4.73. The molecule has 2 aromatic heterocycles. The van der Waals surface area contributed by atoms with Gasteiger partial charge in [-0.1, -0.05) is 26.8 Å². The fourth-order valence-corrected chi connectivity index (χ4v) is 2.51. The highest BCUT2D eigenvalue weighted by molar-refractivity contribution is 5.99. The average molecular weight is 273 g/mol. The molecule has 4 nitrogen and oxygen atoms in total. The monoisotopic (exact) mass is 273 g/mol. The van der Waals surface area contributed by atoms with Crippen molar-refractivity contribution in [1.29, 1.82) is 0 Å². The molecule has 0 aromatic carbocycles. The quantitative estimate of drug-likeness (QED) is 0.810. The number of aromatic nitrogens is 2. The van der Waals surface area contributed by atoms with Crippen molar-refractivity contribution < 1.29 is 4.79 Å². The van der Waals surface area contributed by atoms with E-state index in [1.165, 1.54) is 0 Å². The Bertz CT molecular complexity index is 582. The topological polar surface area (TPSA) is 37.6 Å². The Morgan fingerprint density at radius 2 is 1.90 bits per heavy atom. The van der Waals surface area contributed by atoms with Crippen LogP contribution in [0, 0.1) is 0 Å². The van der Waals surface area contributed by atoms with Gasteiger partial charge in [-0.25, -0.2) is 4.98 Å². The zero-order valence-electron chi connectivity index (χ0n) is 12.6. The molecule has 0 bridgehead atoms. The van der Waals surface area contributed by atoms with Gasteiger partial charge in [0.25, 0.3) is 5.91 Å². The van der Waals surface area contributed by atoms with Crippen molar-refractivity contribution in [2.75, 3.05) is 13.1 Å². The molecule has 0 saturated carbocycles. The summed E-state index contributed by atoms with van der Waals surface area (Å²) in [6.45, 7) is 7.84. The number of carbonyl (C=O) groups excluding carboxylic acids is 1. The van der Waals surface area contributed by atoms with E-state index < -0.39 is 0 Å². The molecule has 0 saturated heterocycles.